The molecule has 1 saturated heterocycles. The zero-order chi connectivity index (χ0) is 21.6. The number of aromatic nitrogens is 1. The van der Waals surface area contributed by atoms with Gasteiger partial charge >= 0.3 is 0 Å². The summed E-state index contributed by atoms with van der Waals surface area (Å²) in [5.74, 6) is -0.136. The molecule has 0 aliphatic carbocycles. The van der Waals surface area contributed by atoms with Gasteiger partial charge in [0.1, 0.15) is 5.15 Å². The molecule has 0 saturated carbocycles. The van der Waals surface area contributed by atoms with E-state index in [2.05, 4.69) is 15.1 Å². The third kappa shape index (κ3) is 6.41. The fourth-order valence-corrected chi connectivity index (χ4v) is 4.60. The monoisotopic (exact) mass is 512 g/mol. The minimum atomic E-state index is -0.136. The van der Waals surface area contributed by atoms with Crippen molar-refractivity contribution >= 4 is 53.2 Å². The second-order valence-electron chi connectivity index (χ2n) is 7.87. The Morgan fingerprint density at radius 1 is 0.909 bits per heavy atom. The van der Waals surface area contributed by atoms with Gasteiger partial charge < -0.3 is 15.3 Å². The van der Waals surface area contributed by atoms with E-state index < -0.39 is 0 Å². The van der Waals surface area contributed by atoms with Gasteiger partial charge in [0.25, 0.3) is 5.91 Å². The summed E-state index contributed by atoms with van der Waals surface area (Å²) in [6.45, 7) is 6.51. The second kappa shape index (κ2) is 13.2. The van der Waals surface area contributed by atoms with Crippen molar-refractivity contribution in [3.63, 3.8) is 0 Å². The van der Waals surface area contributed by atoms with Crippen molar-refractivity contribution in [2.75, 3.05) is 52.4 Å². The number of carbonyl (C=O) groups excluding carboxylic acids is 1. The third-order valence-electron chi connectivity index (χ3n) is 5.88. The second-order valence-corrected chi connectivity index (χ2v) is 8.23. The zero-order valence-electron chi connectivity index (χ0n) is 18.5. The fourth-order valence-electron chi connectivity index (χ4n) is 4.23. The summed E-state index contributed by atoms with van der Waals surface area (Å²) < 4.78 is 1.93. The van der Waals surface area contributed by atoms with Gasteiger partial charge in [0.2, 0.25) is 0 Å². The molecule has 2 aromatic carbocycles. The largest absolute Gasteiger partial charge is 0.395 e. The van der Waals surface area contributed by atoms with Gasteiger partial charge in [-0.1, -0.05) is 48.0 Å². The molecule has 1 fully saturated rings. The van der Waals surface area contributed by atoms with E-state index in [4.69, 9.17) is 16.7 Å². The Kier molecular flexibility index (Phi) is 11.0. The van der Waals surface area contributed by atoms with E-state index in [9.17, 15) is 4.79 Å². The zero-order valence-corrected chi connectivity index (χ0v) is 20.8. The minimum absolute atomic E-state index is 0. The Morgan fingerprint density at radius 3 is 2.18 bits per heavy atom. The van der Waals surface area contributed by atoms with Crippen LogP contribution in [0.5, 0.6) is 0 Å². The van der Waals surface area contributed by atoms with Crippen molar-refractivity contribution in [3.05, 3.63) is 65.3 Å². The molecule has 6 nitrogen and oxygen atoms in total. The van der Waals surface area contributed by atoms with Gasteiger partial charge in [-0.2, -0.15) is 0 Å². The van der Waals surface area contributed by atoms with Gasteiger partial charge in [-0.25, -0.2) is 0 Å². The van der Waals surface area contributed by atoms with Crippen LogP contribution >= 0.6 is 36.4 Å². The van der Waals surface area contributed by atoms with Gasteiger partial charge in [0, 0.05) is 50.3 Å². The molecule has 2 heterocycles. The molecule has 0 unspecified atom stereocenters. The number of benzene rings is 2. The highest BCUT2D eigenvalue weighted by Gasteiger charge is 2.22. The Hall–Kier alpha value is -1.80. The van der Waals surface area contributed by atoms with Gasteiger partial charge in [0.05, 0.1) is 17.7 Å². The highest BCUT2D eigenvalue weighted by Crippen LogP contribution is 2.32. The highest BCUT2D eigenvalue weighted by molar-refractivity contribution is 6.36. The van der Waals surface area contributed by atoms with Gasteiger partial charge in [-0.3, -0.25) is 14.3 Å². The smallest absolute Gasteiger partial charge is 0.255 e. The summed E-state index contributed by atoms with van der Waals surface area (Å²) in [5.41, 5.74) is 2.38. The summed E-state index contributed by atoms with van der Waals surface area (Å²) in [4.78, 5) is 17.7. The number of piperazine rings is 1. The molecule has 1 aromatic heterocycles. The topological polar surface area (TPSA) is 60.7 Å². The number of rotatable bonds is 8. The molecule has 180 valence electrons. The number of halogens is 3. The van der Waals surface area contributed by atoms with E-state index in [1.807, 2.05) is 59.2 Å². The molecule has 4 rings (SSSR count). The molecule has 33 heavy (non-hydrogen) atoms. The minimum Gasteiger partial charge on any atom is -0.395 e. The number of carbonyl (C=O) groups is 1. The normalized spacial score (nSPS) is 14.5. The molecule has 9 heteroatoms. The Morgan fingerprint density at radius 2 is 1.52 bits per heavy atom. The lowest BCUT2D eigenvalue weighted by Gasteiger charge is -2.34. The number of β-amino-alcohol motifs (C(OH)–C–C–N with tert-alkyl or cyclic N) is 1. The number of fused-ring (bicyclic) bond motifs is 1. The SMILES string of the molecule is Cl.Cl.O=C(NCCCN1CCN(CCO)CC1)c1c(Cl)n(-c2ccccc2)c2ccccc12. The maximum atomic E-state index is 13.0. The number of hydrogen-bond acceptors (Lipinski definition) is 4. The molecule has 0 radical (unpaired) electrons. The van der Waals surface area contributed by atoms with Crippen molar-refractivity contribution in [2.45, 2.75) is 6.42 Å². The average Bonchev–Trinajstić information content (AvgIpc) is 3.10. The van der Waals surface area contributed by atoms with Crippen LogP contribution in [0.2, 0.25) is 5.15 Å². The van der Waals surface area contributed by atoms with Crippen LogP contribution in [-0.2, 0) is 0 Å². The van der Waals surface area contributed by atoms with Crippen molar-refractivity contribution in [1.29, 1.82) is 0 Å². The van der Waals surface area contributed by atoms with Crippen LogP contribution in [0.3, 0.4) is 0 Å². The number of amides is 1. The first-order valence-corrected chi connectivity index (χ1v) is 11.2. The Balaban J connectivity index is 0.00000193. The quantitative estimate of drug-likeness (QED) is 0.449. The van der Waals surface area contributed by atoms with E-state index in [0.29, 0.717) is 17.3 Å². The first kappa shape index (κ1) is 27.4. The standard InChI is InChI=1S/C24H29ClN4O2.2ClH/c25-23-22(20-9-4-5-10-21(20)29(23)19-7-2-1-3-8-19)24(31)26-11-6-12-27-13-15-28(16-14-27)17-18-30;;/h1-5,7-10,30H,6,11-18H2,(H,26,31);2*1H. The van der Waals surface area contributed by atoms with Crippen LogP contribution < -0.4 is 5.32 Å². The van der Waals surface area contributed by atoms with Crippen molar-refractivity contribution in [3.8, 4) is 5.69 Å². The lowest BCUT2D eigenvalue weighted by Crippen LogP contribution is -2.47. The first-order chi connectivity index (χ1) is 15.2. The van der Waals surface area contributed by atoms with Crippen LogP contribution in [0.1, 0.15) is 16.8 Å². The van der Waals surface area contributed by atoms with Crippen LogP contribution in [-0.4, -0.2) is 77.8 Å². The van der Waals surface area contributed by atoms with Crippen LogP contribution in [0.25, 0.3) is 16.6 Å². The lowest BCUT2D eigenvalue weighted by atomic mass is 10.1. The van der Waals surface area contributed by atoms with Crippen molar-refractivity contribution in [1.82, 2.24) is 19.7 Å². The fraction of sp³-hybridized carbons (Fsp3) is 0.375. The van der Waals surface area contributed by atoms with E-state index in [0.717, 1.165) is 62.3 Å². The molecular weight excluding hydrogens is 483 g/mol. The molecule has 1 aliphatic rings. The summed E-state index contributed by atoms with van der Waals surface area (Å²) >= 11 is 6.73. The van der Waals surface area contributed by atoms with Gasteiger partial charge in [-0.05, 0) is 31.2 Å². The van der Waals surface area contributed by atoms with Gasteiger partial charge in [0.15, 0.2) is 0 Å². The molecule has 1 amide bonds. The Labute approximate surface area is 212 Å². The first-order valence-electron chi connectivity index (χ1n) is 10.9. The molecule has 3 aromatic rings. The van der Waals surface area contributed by atoms with E-state index in [1.54, 1.807) is 0 Å². The summed E-state index contributed by atoms with van der Waals surface area (Å²) in [6.07, 6.45) is 0.890. The van der Waals surface area contributed by atoms with Crippen LogP contribution in [0, 0.1) is 0 Å². The maximum absolute atomic E-state index is 13.0. The summed E-state index contributed by atoms with van der Waals surface area (Å²) in [7, 11) is 0. The molecule has 2 N–H and O–H groups in total. The van der Waals surface area contributed by atoms with E-state index in [-0.39, 0.29) is 37.3 Å². The highest BCUT2D eigenvalue weighted by atomic mass is 35.5. The van der Waals surface area contributed by atoms with E-state index >= 15 is 0 Å². The molecule has 0 bridgehead atoms. The molecule has 0 atom stereocenters. The maximum Gasteiger partial charge on any atom is 0.255 e. The van der Waals surface area contributed by atoms with Crippen LogP contribution in [0.4, 0.5) is 0 Å². The Bertz CT molecular complexity index is 1020. The van der Waals surface area contributed by atoms with Crippen molar-refractivity contribution < 1.29 is 9.90 Å². The molecule has 0 spiro atoms. The number of nitrogens with one attached hydrogen (secondary N) is 1. The lowest BCUT2D eigenvalue weighted by molar-refractivity contribution is 0.0946. The number of nitrogens with zero attached hydrogens (tertiary/aromatic N) is 3. The van der Waals surface area contributed by atoms with E-state index in [1.165, 1.54) is 0 Å². The number of aliphatic hydroxyl groups excluding tert-OH is 1. The number of aliphatic hydroxyl groups is 1. The average molecular weight is 514 g/mol. The third-order valence-corrected chi connectivity index (χ3v) is 6.23. The molecular formula is C24H31Cl3N4O2. The van der Waals surface area contributed by atoms with Gasteiger partial charge in [-0.15, -0.1) is 24.8 Å². The predicted octanol–water partition coefficient (Wildman–Crippen LogP) is 3.86. The predicted molar refractivity (Wildman–Crippen MR) is 140 cm³/mol. The summed E-state index contributed by atoms with van der Waals surface area (Å²) in [6, 6.07) is 17.7. The summed E-state index contributed by atoms with van der Waals surface area (Å²) in [5, 5.41) is 13.4. The molecule has 1 aliphatic heterocycles. The number of para-hydroxylation sites is 2. The van der Waals surface area contributed by atoms with Crippen LogP contribution in [0.15, 0.2) is 54.6 Å². The number of hydrogen-bond donors (Lipinski definition) is 2. The van der Waals surface area contributed by atoms with Crippen molar-refractivity contribution in [2.24, 2.45) is 0 Å².